The zero-order chi connectivity index (χ0) is 13.2. The van der Waals surface area contributed by atoms with Crippen LogP contribution in [0.15, 0.2) is 6.20 Å². The van der Waals surface area contributed by atoms with Crippen molar-refractivity contribution in [1.82, 2.24) is 24.4 Å². The van der Waals surface area contributed by atoms with Crippen LogP contribution in [0.25, 0.3) is 0 Å². The third-order valence-electron chi connectivity index (χ3n) is 2.29. The van der Waals surface area contributed by atoms with Gasteiger partial charge in [0.05, 0.1) is 12.7 Å². The molecule has 0 atom stereocenters. The topological polar surface area (TPSA) is 126 Å². The van der Waals surface area contributed by atoms with E-state index in [0.29, 0.717) is 0 Å². The Balaban J connectivity index is 1.78. The Morgan fingerprint density at radius 3 is 2.83 bits per heavy atom. The predicted octanol–water partition coefficient (Wildman–Crippen LogP) is -1.44. The van der Waals surface area contributed by atoms with Crippen LogP contribution in [0, 0.1) is 0 Å². The molecule has 1 fully saturated rings. The minimum Gasteiger partial charge on any atom is -0.476 e. The summed E-state index contributed by atoms with van der Waals surface area (Å²) in [5.74, 6) is -1.17. The number of aromatic carboxylic acids is 1. The molecule has 1 aliphatic rings. The maximum absolute atomic E-state index is 11.4. The van der Waals surface area contributed by atoms with Crippen molar-refractivity contribution in [2.75, 3.05) is 6.54 Å². The van der Waals surface area contributed by atoms with Gasteiger partial charge in [-0.05, 0) is 12.8 Å². The van der Waals surface area contributed by atoms with E-state index < -0.39 is 16.2 Å². The second-order valence-electron chi connectivity index (χ2n) is 3.96. The molecule has 0 radical (unpaired) electrons. The molecular weight excluding hydrogens is 262 g/mol. The number of hydrogen-bond donors (Lipinski definition) is 3. The van der Waals surface area contributed by atoms with Gasteiger partial charge in [-0.1, -0.05) is 5.21 Å². The van der Waals surface area contributed by atoms with E-state index in [9.17, 15) is 13.2 Å². The van der Waals surface area contributed by atoms with Gasteiger partial charge in [-0.2, -0.15) is 13.1 Å². The van der Waals surface area contributed by atoms with E-state index in [2.05, 4.69) is 19.8 Å². The summed E-state index contributed by atoms with van der Waals surface area (Å²) in [5.41, 5.74) is -0.172. The van der Waals surface area contributed by atoms with Crippen LogP contribution in [0.5, 0.6) is 0 Å². The van der Waals surface area contributed by atoms with Gasteiger partial charge in [0.1, 0.15) is 0 Å². The molecule has 9 nitrogen and oxygen atoms in total. The number of rotatable bonds is 7. The van der Waals surface area contributed by atoms with Gasteiger partial charge < -0.3 is 5.11 Å². The summed E-state index contributed by atoms with van der Waals surface area (Å²) in [6.45, 7) is 0.330. The van der Waals surface area contributed by atoms with Gasteiger partial charge in [-0.3, -0.25) is 4.68 Å². The van der Waals surface area contributed by atoms with Gasteiger partial charge in [0, 0.05) is 12.6 Å². The smallest absolute Gasteiger partial charge is 0.358 e. The molecule has 10 heteroatoms. The fourth-order valence-corrected chi connectivity index (χ4v) is 2.38. The summed E-state index contributed by atoms with van der Waals surface area (Å²) >= 11 is 0. The fourth-order valence-electron chi connectivity index (χ4n) is 1.26. The third kappa shape index (κ3) is 3.75. The zero-order valence-corrected chi connectivity index (χ0v) is 10.2. The summed E-state index contributed by atoms with van der Waals surface area (Å²) in [6.07, 6.45) is 2.98. The maximum Gasteiger partial charge on any atom is 0.358 e. The summed E-state index contributed by atoms with van der Waals surface area (Å²) < 4.78 is 28.9. The molecule has 0 aliphatic heterocycles. The molecule has 0 spiro atoms. The average Bonchev–Trinajstić information content (AvgIpc) is 2.93. The molecule has 0 amide bonds. The van der Waals surface area contributed by atoms with E-state index in [4.69, 9.17) is 5.11 Å². The molecule has 0 bridgehead atoms. The normalized spacial score (nSPS) is 15.8. The number of carbonyl (C=O) groups is 1. The first-order valence-electron chi connectivity index (χ1n) is 5.36. The highest BCUT2D eigenvalue weighted by Gasteiger charge is 2.26. The Morgan fingerprint density at radius 1 is 1.56 bits per heavy atom. The lowest BCUT2D eigenvalue weighted by molar-refractivity contribution is 0.0690. The van der Waals surface area contributed by atoms with E-state index >= 15 is 0 Å². The van der Waals surface area contributed by atoms with Crippen LogP contribution in [0.1, 0.15) is 23.3 Å². The lowest BCUT2D eigenvalue weighted by atomic mass is 10.5. The van der Waals surface area contributed by atoms with Crippen LogP contribution in [0.3, 0.4) is 0 Å². The number of carboxylic acids is 1. The molecule has 18 heavy (non-hydrogen) atoms. The van der Waals surface area contributed by atoms with Crippen molar-refractivity contribution in [3.63, 3.8) is 0 Å². The second kappa shape index (κ2) is 5.00. The van der Waals surface area contributed by atoms with Gasteiger partial charge in [0.2, 0.25) is 0 Å². The molecule has 0 aromatic carbocycles. The number of carboxylic acid groups (broad SMARTS) is 1. The van der Waals surface area contributed by atoms with Crippen molar-refractivity contribution in [3.05, 3.63) is 11.9 Å². The molecule has 100 valence electrons. The van der Waals surface area contributed by atoms with Crippen molar-refractivity contribution >= 4 is 16.2 Å². The molecule has 1 saturated carbocycles. The highest BCUT2D eigenvalue weighted by Crippen LogP contribution is 2.19. The first-order valence-corrected chi connectivity index (χ1v) is 6.85. The number of aromatic nitrogens is 3. The zero-order valence-electron chi connectivity index (χ0n) is 9.40. The van der Waals surface area contributed by atoms with Crippen LogP contribution >= 0.6 is 0 Å². The highest BCUT2D eigenvalue weighted by molar-refractivity contribution is 7.87. The summed E-state index contributed by atoms with van der Waals surface area (Å²) in [7, 11) is -3.48. The number of nitrogens with one attached hydrogen (secondary N) is 2. The maximum atomic E-state index is 11.4. The standard InChI is InChI=1S/C8H13N5O4S/c14-8(15)7-5-13(12-10-7)4-3-9-18(16,17)11-6-1-2-6/h5-6,9,11H,1-4H2,(H,14,15). The lowest BCUT2D eigenvalue weighted by Gasteiger charge is -2.06. The van der Waals surface area contributed by atoms with Crippen molar-refractivity contribution < 1.29 is 18.3 Å². The van der Waals surface area contributed by atoms with E-state index in [0.717, 1.165) is 12.8 Å². The Hall–Kier alpha value is -1.52. The first kappa shape index (κ1) is 12.9. The predicted molar refractivity (Wildman–Crippen MR) is 60.1 cm³/mol. The third-order valence-corrected chi connectivity index (χ3v) is 3.52. The molecule has 3 N–H and O–H groups in total. The largest absolute Gasteiger partial charge is 0.476 e. The fraction of sp³-hybridized carbons (Fsp3) is 0.625. The van der Waals surface area contributed by atoms with E-state index in [1.165, 1.54) is 10.9 Å². The second-order valence-corrected chi connectivity index (χ2v) is 5.49. The van der Waals surface area contributed by atoms with Crippen molar-refractivity contribution in [2.24, 2.45) is 0 Å². The van der Waals surface area contributed by atoms with Crippen LogP contribution in [-0.4, -0.2) is 47.1 Å². The first-order chi connectivity index (χ1) is 8.46. The van der Waals surface area contributed by atoms with Crippen LogP contribution < -0.4 is 9.44 Å². The molecule has 1 heterocycles. The summed E-state index contributed by atoms with van der Waals surface area (Å²) in [4.78, 5) is 10.5. The van der Waals surface area contributed by atoms with Gasteiger partial charge >= 0.3 is 5.97 Å². The monoisotopic (exact) mass is 275 g/mol. The lowest BCUT2D eigenvalue weighted by Crippen LogP contribution is -2.39. The van der Waals surface area contributed by atoms with E-state index in [-0.39, 0.29) is 24.8 Å². The molecule has 2 rings (SSSR count). The molecule has 0 unspecified atom stereocenters. The van der Waals surface area contributed by atoms with Crippen molar-refractivity contribution in [3.8, 4) is 0 Å². The van der Waals surface area contributed by atoms with Crippen molar-refractivity contribution in [1.29, 1.82) is 0 Å². The minimum absolute atomic E-state index is 0.0486. The van der Waals surface area contributed by atoms with E-state index in [1.807, 2.05) is 0 Å². The Labute approximate surface area is 103 Å². The molecule has 0 saturated heterocycles. The summed E-state index contributed by atoms with van der Waals surface area (Å²) in [5, 5.41) is 15.6. The molecule has 1 aromatic heterocycles. The van der Waals surface area contributed by atoms with E-state index in [1.54, 1.807) is 0 Å². The minimum atomic E-state index is -3.48. The highest BCUT2D eigenvalue weighted by atomic mass is 32.2. The Kier molecular flexibility index (Phi) is 3.59. The SMILES string of the molecule is O=C(O)c1cn(CCNS(=O)(=O)NC2CC2)nn1. The quantitative estimate of drug-likeness (QED) is 0.559. The molecule has 1 aliphatic carbocycles. The Morgan fingerprint density at radius 2 is 2.28 bits per heavy atom. The van der Waals surface area contributed by atoms with Crippen LogP contribution in [0.2, 0.25) is 0 Å². The number of nitrogens with zero attached hydrogens (tertiary/aromatic N) is 3. The average molecular weight is 275 g/mol. The summed E-state index contributed by atoms with van der Waals surface area (Å²) in [6, 6.07) is 0.0486. The molecular formula is C8H13N5O4S. The Bertz CT molecular complexity index is 535. The number of hydrogen-bond acceptors (Lipinski definition) is 5. The van der Waals surface area contributed by atoms with Gasteiger partial charge in [0.15, 0.2) is 5.69 Å². The van der Waals surface area contributed by atoms with Crippen molar-refractivity contribution in [2.45, 2.75) is 25.4 Å². The van der Waals surface area contributed by atoms with Gasteiger partial charge in [0.25, 0.3) is 10.2 Å². The van der Waals surface area contributed by atoms with Gasteiger partial charge in [-0.15, -0.1) is 5.10 Å². The molecule has 1 aromatic rings. The van der Waals surface area contributed by atoms with Crippen LogP contribution in [0.4, 0.5) is 0 Å². The van der Waals surface area contributed by atoms with Crippen LogP contribution in [-0.2, 0) is 16.8 Å². The van der Waals surface area contributed by atoms with Gasteiger partial charge in [-0.25, -0.2) is 9.52 Å².